The normalized spacial score (nSPS) is 21.0. The summed E-state index contributed by atoms with van der Waals surface area (Å²) in [5, 5.41) is 0. The van der Waals surface area contributed by atoms with Gasteiger partial charge >= 0.3 is 0 Å². The SMILES string of the molecule is C=COCCOCC1COCC=CO1. The average molecular weight is 200 g/mol. The molecule has 0 radical (unpaired) electrons. The molecule has 1 unspecified atom stereocenters. The van der Waals surface area contributed by atoms with Crippen LogP contribution in [-0.4, -0.2) is 39.1 Å². The van der Waals surface area contributed by atoms with Gasteiger partial charge in [-0.25, -0.2) is 0 Å². The molecule has 0 amide bonds. The third-order valence-electron chi connectivity index (χ3n) is 1.65. The van der Waals surface area contributed by atoms with E-state index in [-0.39, 0.29) is 6.10 Å². The Labute approximate surface area is 84.1 Å². The van der Waals surface area contributed by atoms with Gasteiger partial charge in [-0.2, -0.15) is 0 Å². The van der Waals surface area contributed by atoms with E-state index in [0.717, 1.165) is 0 Å². The summed E-state index contributed by atoms with van der Waals surface area (Å²) in [4.78, 5) is 0. The van der Waals surface area contributed by atoms with Gasteiger partial charge < -0.3 is 18.9 Å². The fourth-order valence-electron chi connectivity index (χ4n) is 1.01. The van der Waals surface area contributed by atoms with Crippen molar-refractivity contribution in [2.24, 2.45) is 0 Å². The Bertz CT molecular complexity index is 179. The molecule has 0 saturated carbocycles. The molecule has 0 saturated heterocycles. The molecule has 1 aliphatic rings. The van der Waals surface area contributed by atoms with Gasteiger partial charge in [0.1, 0.15) is 12.7 Å². The molecule has 0 N–H and O–H groups in total. The summed E-state index contributed by atoms with van der Waals surface area (Å²) < 4.78 is 20.8. The van der Waals surface area contributed by atoms with Gasteiger partial charge in [-0.05, 0) is 6.08 Å². The summed E-state index contributed by atoms with van der Waals surface area (Å²) in [5.74, 6) is 0. The first-order valence-electron chi connectivity index (χ1n) is 4.62. The van der Waals surface area contributed by atoms with Crippen LogP contribution in [0.3, 0.4) is 0 Å². The minimum Gasteiger partial charge on any atom is -0.499 e. The topological polar surface area (TPSA) is 36.9 Å². The molecule has 14 heavy (non-hydrogen) atoms. The zero-order chi connectivity index (χ0) is 10.1. The van der Waals surface area contributed by atoms with Crippen LogP contribution in [0.4, 0.5) is 0 Å². The van der Waals surface area contributed by atoms with Gasteiger partial charge in [0.25, 0.3) is 0 Å². The minimum absolute atomic E-state index is 0.0162. The van der Waals surface area contributed by atoms with Crippen LogP contribution in [0.1, 0.15) is 0 Å². The van der Waals surface area contributed by atoms with Crippen LogP contribution in [0.25, 0.3) is 0 Å². The van der Waals surface area contributed by atoms with E-state index in [9.17, 15) is 0 Å². The van der Waals surface area contributed by atoms with Crippen LogP contribution in [0.2, 0.25) is 0 Å². The lowest BCUT2D eigenvalue weighted by molar-refractivity contribution is -0.0199. The van der Waals surface area contributed by atoms with Crippen molar-refractivity contribution in [1.29, 1.82) is 0 Å². The fourth-order valence-corrected chi connectivity index (χ4v) is 1.01. The van der Waals surface area contributed by atoms with E-state index in [4.69, 9.17) is 18.9 Å². The molecule has 0 bridgehead atoms. The van der Waals surface area contributed by atoms with Crippen molar-refractivity contribution in [2.75, 3.05) is 33.0 Å². The minimum atomic E-state index is -0.0162. The van der Waals surface area contributed by atoms with Gasteiger partial charge in [-0.3, -0.25) is 0 Å². The molecule has 0 aromatic heterocycles. The highest BCUT2D eigenvalue weighted by atomic mass is 16.6. The van der Waals surface area contributed by atoms with Crippen molar-refractivity contribution in [3.05, 3.63) is 25.2 Å². The average Bonchev–Trinajstić information content (AvgIpc) is 2.46. The Balaban J connectivity index is 1.99. The van der Waals surface area contributed by atoms with Crippen molar-refractivity contribution in [1.82, 2.24) is 0 Å². The summed E-state index contributed by atoms with van der Waals surface area (Å²) in [7, 11) is 0. The molecule has 0 spiro atoms. The summed E-state index contributed by atoms with van der Waals surface area (Å²) in [6.45, 7) is 6.18. The molecule has 0 fully saturated rings. The number of ether oxygens (including phenoxy) is 4. The van der Waals surface area contributed by atoms with Crippen molar-refractivity contribution in [2.45, 2.75) is 6.10 Å². The lowest BCUT2D eigenvalue weighted by Gasteiger charge is -2.14. The van der Waals surface area contributed by atoms with Crippen molar-refractivity contribution in [3.63, 3.8) is 0 Å². The highest BCUT2D eigenvalue weighted by Gasteiger charge is 2.10. The summed E-state index contributed by atoms with van der Waals surface area (Å²) in [6, 6.07) is 0. The van der Waals surface area contributed by atoms with E-state index in [1.807, 2.05) is 6.08 Å². The zero-order valence-corrected chi connectivity index (χ0v) is 8.19. The first-order chi connectivity index (χ1) is 6.93. The molecule has 80 valence electrons. The lowest BCUT2D eigenvalue weighted by Crippen LogP contribution is -2.23. The Hall–Kier alpha value is -1.00. The molecule has 0 aromatic carbocycles. The largest absolute Gasteiger partial charge is 0.499 e. The molecule has 1 rings (SSSR count). The maximum absolute atomic E-state index is 5.32. The van der Waals surface area contributed by atoms with Gasteiger partial charge in [0.15, 0.2) is 0 Å². The van der Waals surface area contributed by atoms with Crippen LogP contribution in [0.15, 0.2) is 25.2 Å². The van der Waals surface area contributed by atoms with Crippen molar-refractivity contribution >= 4 is 0 Å². The maximum atomic E-state index is 5.32. The van der Waals surface area contributed by atoms with E-state index in [1.165, 1.54) is 6.26 Å². The Morgan fingerprint density at radius 1 is 1.50 bits per heavy atom. The molecule has 1 atom stereocenters. The first kappa shape index (κ1) is 11.1. The molecule has 0 aromatic rings. The molecule has 1 aliphatic heterocycles. The summed E-state index contributed by atoms with van der Waals surface area (Å²) >= 11 is 0. The summed E-state index contributed by atoms with van der Waals surface area (Å²) in [5.41, 5.74) is 0. The number of rotatable bonds is 6. The highest BCUT2D eigenvalue weighted by Crippen LogP contribution is 2.00. The van der Waals surface area contributed by atoms with Gasteiger partial charge in [0, 0.05) is 0 Å². The Morgan fingerprint density at radius 3 is 3.29 bits per heavy atom. The van der Waals surface area contributed by atoms with E-state index in [1.54, 1.807) is 6.26 Å². The van der Waals surface area contributed by atoms with Crippen LogP contribution in [0, 0.1) is 0 Å². The van der Waals surface area contributed by atoms with Gasteiger partial charge in [-0.15, -0.1) is 0 Å². The van der Waals surface area contributed by atoms with Gasteiger partial charge in [-0.1, -0.05) is 6.58 Å². The second-order valence-electron chi connectivity index (χ2n) is 2.78. The summed E-state index contributed by atoms with van der Waals surface area (Å²) in [6.07, 6.45) is 4.87. The molecule has 4 nitrogen and oxygen atoms in total. The van der Waals surface area contributed by atoms with Crippen LogP contribution in [-0.2, 0) is 18.9 Å². The third kappa shape index (κ3) is 4.89. The first-order valence-corrected chi connectivity index (χ1v) is 4.62. The molecule has 1 heterocycles. The van der Waals surface area contributed by atoms with E-state index in [2.05, 4.69) is 6.58 Å². The predicted molar refractivity (Wildman–Crippen MR) is 51.8 cm³/mol. The van der Waals surface area contributed by atoms with E-state index in [0.29, 0.717) is 33.0 Å². The smallest absolute Gasteiger partial charge is 0.144 e. The van der Waals surface area contributed by atoms with Crippen molar-refractivity contribution < 1.29 is 18.9 Å². The van der Waals surface area contributed by atoms with Crippen LogP contribution < -0.4 is 0 Å². The van der Waals surface area contributed by atoms with Crippen LogP contribution in [0.5, 0.6) is 0 Å². The van der Waals surface area contributed by atoms with E-state index >= 15 is 0 Å². The number of hydrogen-bond acceptors (Lipinski definition) is 4. The highest BCUT2D eigenvalue weighted by molar-refractivity contribution is 4.77. The van der Waals surface area contributed by atoms with Crippen molar-refractivity contribution in [3.8, 4) is 0 Å². The predicted octanol–water partition coefficient (Wildman–Crippen LogP) is 1.09. The monoisotopic (exact) mass is 200 g/mol. The third-order valence-corrected chi connectivity index (χ3v) is 1.65. The van der Waals surface area contributed by atoms with Crippen LogP contribution >= 0.6 is 0 Å². The fraction of sp³-hybridized carbons (Fsp3) is 0.600. The van der Waals surface area contributed by atoms with E-state index < -0.39 is 0 Å². The second-order valence-corrected chi connectivity index (χ2v) is 2.78. The van der Waals surface area contributed by atoms with Gasteiger partial charge in [0.05, 0.1) is 39.0 Å². The molecule has 4 heteroatoms. The Kier molecular flexibility index (Phi) is 5.86. The lowest BCUT2D eigenvalue weighted by atomic mass is 10.4. The quantitative estimate of drug-likeness (QED) is 0.475. The molecular weight excluding hydrogens is 184 g/mol. The maximum Gasteiger partial charge on any atom is 0.144 e. The molecule has 0 aliphatic carbocycles. The zero-order valence-electron chi connectivity index (χ0n) is 8.19. The van der Waals surface area contributed by atoms with Gasteiger partial charge in [0.2, 0.25) is 0 Å². The second kappa shape index (κ2) is 7.41. The molecular formula is C10H16O4. The standard InChI is InChI=1S/C10H16O4/c1-2-11-6-7-13-9-10-8-12-4-3-5-14-10/h2-3,5,10H,1,4,6-9H2. The number of hydrogen-bond donors (Lipinski definition) is 0. The Morgan fingerprint density at radius 2 is 2.43 bits per heavy atom.